The van der Waals surface area contributed by atoms with Crippen molar-refractivity contribution in [1.29, 1.82) is 0 Å². The molecule has 1 aromatic heterocycles. The van der Waals surface area contributed by atoms with Crippen LogP contribution in [0.15, 0.2) is 45.8 Å². The van der Waals surface area contributed by atoms with Gasteiger partial charge in [0.25, 0.3) is 5.78 Å². The maximum absolute atomic E-state index is 11.7. The first-order valence-electron chi connectivity index (χ1n) is 5.34. The molecular formula is C13H9NO2S. The summed E-state index contributed by atoms with van der Waals surface area (Å²) in [4.78, 5) is 28.0. The highest BCUT2D eigenvalue weighted by atomic mass is 32.1. The molecule has 0 N–H and O–H groups in total. The standard InChI is InChI=1S/C13H9NO2S/c15-12-11-8(7-9-4-2-6-17-9)3-1-5-10(11)14-13(12)16/h1-4,6H,5,7H2. The Balaban J connectivity index is 2.03. The molecule has 4 heteroatoms. The number of carbonyl (C=O) groups excluding carboxylic acids is 2. The number of amides is 1. The van der Waals surface area contributed by atoms with Crippen LogP contribution in [0.25, 0.3) is 0 Å². The summed E-state index contributed by atoms with van der Waals surface area (Å²) in [6, 6.07) is 4.01. The highest BCUT2D eigenvalue weighted by Gasteiger charge is 2.33. The number of allylic oxidation sites excluding steroid dienone is 3. The summed E-state index contributed by atoms with van der Waals surface area (Å²) in [5, 5.41) is 2.00. The molecule has 1 aromatic rings. The third kappa shape index (κ3) is 1.70. The molecule has 0 fully saturated rings. The smallest absolute Gasteiger partial charge is 0.283 e. The molecule has 1 aliphatic carbocycles. The zero-order chi connectivity index (χ0) is 11.8. The second kappa shape index (κ2) is 3.89. The van der Waals surface area contributed by atoms with Crippen LogP contribution in [0.5, 0.6) is 0 Å². The summed E-state index contributed by atoms with van der Waals surface area (Å²) in [7, 11) is 0. The number of ketones is 1. The van der Waals surface area contributed by atoms with E-state index in [1.54, 1.807) is 11.3 Å². The summed E-state index contributed by atoms with van der Waals surface area (Å²) in [5.74, 6) is -1.07. The molecule has 0 unspecified atom stereocenters. The Morgan fingerprint density at radius 2 is 2.24 bits per heavy atom. The number of aliphatic imine (C=N–C) groups is 1. The molecule has 2 aliphatic rings. The predicted molar refractivity (Wildman–Crippen MR) is 66.3 cm³/mol. The first-order valence-corrected chi connectivity index (χ1v) is 6.22. The second-order valence-corrected chi connectivity index (χ2v) is 4.99. The van der Waals surface area contributed by atoms with Crippen LogP contribution < -0.4 is 0 Å². The largest absolute Gasteiger partial charge is 0.318 e. The first-order chi connectivity index (χ1) is 8.25. The molecule has 3 nitrogen and oxygen atoms in total. The molecule has 0 spiro atoms. The zero-order valence-electron chi connectivity index (χ0n) is 8.97. The van der Waals surface area contributed by atoms with Crippen LogP contribution in [0.3, 0.4) is 0 Å². The third-order valence-corrected chi connectivity index (χ3v) is 3.72. The maximum atomic E-state index is 11.7. The van der Waals surface area contributed by atoms with Gasteiger partial charge in [-0.25, -0.2) is 4.99 Å². The molecule has 1 amide bonds. The number of nitrogens with zero attached hydrogens (tertiary/aromatic N) is 1. The molecule has 17 heavy (non-hydrogen) atoms. The lowest BCUT2D eigenvalue weighted by molar-refractivity contribution is -0.132. The number of rotatable bonds is 2. The first kappa shape index (κ1) is 10.4. The van der Waals surface area contributed by atoms with E-state index < -0.39 is 11.7 Å². The van der Waals surface area contributed by atoms with Crippen LogP contribution >= 0.6 is 11.3 Å². The van der Waals surface area contributed by atoms with Gasteiger partial charge in [-0.15, -0.1) is 11.3 Å². The van der Waals surface area contributed by atoms with Crippen LogP contribution in [0.1, 0.15) is 11.3 Å². The minimum Gasteiger partial charge on any atom is -0.283 e. The fraction of sp³-hybridized carbons (Fsp3) is 0.154. The quantitative estimate of drug-likeness (QED) is 0.747. The van der Waals surface area contributed by atoms with E-state index in [1.807, 2.05) is 29.7 Å². The van der Waals surface area contributed by atoms with Crippen molar-refractivity contribution in [1.82, 2.24) is 0 Å². The fourth-order valence-corrected chi connectivity index (χ4v) is 2.82. The van der Waals surface area contributed by atoms with Crippen LogP contribution in [-0.4, -0.2) is 17.4 Å². The van der Waals surface area contributed by atoms with Gasteiger partial charge in [0.2, 0.25) is 0 Å². The SMILES string of the molecule is O=C1N=C2CC=CC(Cc3cccs3)=C2C1=O. The van der Waals surface area contributed by atoms with Gasteiger partial charge < -0.3 is 0 Å². The maximum Gasteiger partial charge on any atom is 0.318 e. The molecule has 0 radical (unpaired) electrons. The number of carbonyl (C=O) groups is 2. The van der Waals surface area contributed by atoms with Crippen molar-refractivity contribution in [3.05, 3.63) is 45.7 Å². The molecule has 0 atom stereocenters. The normalized spacial score (nSPS) is 18.7. The predicted octanol–water partition coefficient (Wildman–Crippen LogP) is 2.10. The van der Waals surface area contributed by atoms with Gasteiger partial charge in [-0.05, 0) is 17.0 Å². The van der Waals surface area contributed by atoms with Crippen LogP contribution in [0, 0.1) is 0 Å². The zero-order valence-corrected chi connectivity index (χ0v) is 9.79. The number of thiophene rings is 1. The lowest BCUT2D eigenvalue weighted by atomic mass is 9.92. The fourth-order valence-electron chi connectivity index (χ4n) is 2.09. The Labute approximate surface area is 102 Å². The molecule has 0 aromatic carbocycles. The Kier molecular flexibility index (Phi) is 2.37. The van der Waals surface area contributed by atoms with Crippen molar-refractivity contribution in [2.45, 2.75) is 12.8 Å². The Morgan fingerprint density at radius 3 is 3.00 bits per heavy atom. The minimum absolute atomic E-state index is 0.448. The topological polar surface area (TPSA) is 46.5 Å². The average molecular weight is 243 g/mol. The van der Waals surface area contributed by atoms with Crippen molar-refractivity contribution < 1.29 is 9.59 Å². The molecule has 0 saturated carbocycles. The van der Waals surface area contributed by atoms with Gasteiger partial charge >= 0.3 is 5.91 Å². The van der Waals surface area contributed by atoms with Gasteiger partial charge in [0.1, 0.15) is 0 Å². The number of hydrogen-bond acceptors (Lipinski definition) is 3. The minimum atomic E-state index is -0.623. The van der Waals surface area contributed by atoms with E-state index in [0.717, 1.165) is 5.57 Å². The highest BCUT2D eigenvalue weighted by Crippen LogP contribution is 2.26. The van der Waals surface area contributed by atoms with E-state index in [0.29, 0.717) is 24.1 Å². The Hall–Kier alpha value is -1.81. The van der Waals surface area contributed by atoms with E-state index in [4.69, 9.17) is 0 Å². The summed E-state index contributed by atoms with van der Waals surface area (Å²) in [5.41, 5.74) is 2.08. The molecule has 2 heterocycles. The van der Waals surface area contributed by atoms with Gasteiger partial charge in [-0.3, -0.25) is 9.59 Å². The van der Waals surface area contributed by atoms with E-state index in [9.17, 15) is 9.59 Å². The average Bonchev–Trinajstić information content (AvgIpc) is 2.90. The van der Waals surface area contributed by atoms with Crippen molar-refractivity contribution in [3.63, 3.8) is 0 Å². The van der Waals surface area contributed by atoms with Crippen LogP contribution in [0.2, 0.25) is 0 Å². The summed E-state index contributed by atoms with van der Waals surface area (Å²) in [6.45, 7) is 0. The molecule has 0 bridgehead atoms. The van der Waals surface area contributed by atoms with Gasteiger partial charge in [0, 0.05) is 17.7 Å². The number of hydrogen-bond donors (Lipinski definition) is 0. The van der Waals surface area contributed by atoms with Crippen molar-refractivity contribution in [2.24, 2.45) is 4.99 Å². The van der Waals surface area contributed by atoms with Crippen LogP contribution in [-0.2, 0) is 16.0 Å². The second-order valence-electron chi connectivity index (χ2n) is 3.96. The lowest BCUT2D eigenvalue weighted by Gasteiger charge is -2.10. The summed E-state index contributed by atoms with van der Waals surface area (Å²) < 4.78 is 0. The molecule has 1 aliphatic heterocycles. The molecule has 84 valence electrons. The summed E-state index contributed by atoms with van der Waals surface area (Å²) in [6.07, 6.45) is 5.17. The Morgan fingerprint density at radius 1 is 1.35 bits per heavy atom. The van der Waals surface area contributed by atoms with E-state index in [2.05, 4.69) is 4.99 Å². The number of fused-ring (bicyclic) bond motifs is 1. The van der Waals surface area contributed by atoms with Crippen LogP contribution in [0.4, 0.5) is 0 Å². The summed E-state index contributed by atoms with van der Waals surface area (Å²) >= 11 is 1.65. The van der Waals surface area contributed by atoms with E-state index >= 15 is 0 Å². The molecule has 3 rings (SSSR count). The molecule has 0 saturated heterocycles. The van der Waals surface area contributed by atoms with Gasteiger partial charge in [0.05, 0.1) is 11.3 Å². The van der Waals surface area contributed by atoms with Crippen molar-refractivity contribution in [2.75, 3.05) is 0 Å². The monoisotopic (exact) mass is 243 g/mol. The highest BCUT2D eigenvalue weighted by molar-refractivity contribution is 7.09. The van der Waals surface area contributed by atoms with Crippen molar-refractivity contribution >= 4 is 28.7 Å². The lowest BCUT2D eigenvalue weighted by Crippen LogP contribution is -2.14. The van der Waals surface area contributed by atoms with E-state index in [-0.39, 0.29) is 0 Å². The molecular weight excluding hydrogens is 234 g/mol. The third-order valence-electron chi connectivity index (χ3n) is 2.84. The van der Waals surface area contributed by atoms with E-state index in [1.165, 1.54) is 4.88 Å². The van der Waals surface area contributed by atoms with Crippen molar-refractivity contribution in [3.8, 4) is 0 Å². The van der Waals surface area contributed by atoms with Gasteiger partial charge in [0.15, 0.2) is 0 Å². The number of Topliss-reactive ketones (excluding diaryl/α,β-unsaturated/α-hetero) is 1. The Bertz CT molecular complexity index is 591. The van der Waals surface area contributed by atoms with Gasteiger partial charge in [-0.1, -0.05) is 18.2 Å². The van der Waals surface area contributed by atoms with Gasteiger partial charge in [-0.2, -0.15) is 0 Å².